The van der Waals surface area contributed by atoms with Crippen LogP contribution >= 0.6 is 0 Å². The summed E-state index contributed by atoms with van der Waals surface area (Å²) in [7, 11) is 0. The van der Waals surface area contributed by atoms with E-state index in [1.165, 1.54) is 0 Å². The van der Waals surface area contributed by atoms with Crippen molar-refractivity contribution in [3.05, 3.63) is 143 Å². The summed E-state index contributed by atoms with van der Waals surface area (Å²) in [6, 6.07) is 40.3. The standard InChI is InChI=1S/C28H18N2/c29-19-21-11-15-25(16-12-21)27(23-7-3-1-4-8-23)28(24-9-5-2-6-10-24)26-17-13-22(20-30)14-18-26/h1-18H/b28-27-. The van der Waals surface area contributed by atoms with Gasteiger partial charge in [-0.3, -0.25) is 0 Å². The number of benzene rings is 4. The van der Waals surface area contributed by atoms with E-state index in [1.807, 2.05) is 84.9 Å². The number of nitrogens with zero attached hydrogens (tertiary/aromatic N) is 2. The molecule has 0 unspecified atom stereocenters. The zero-order valence-corrected chi connectivity index (χ0v) is 16.3. The van der Waals surface area contributed by atoms with E-state index in [0.29, 0.717) is 11.1 Å². The zero-order chi connectivity index (χ0) is 20.8. The van der Waals surface area contributed by atoms with Crippen molar-refractivity contribution in [2.24, 2.45) is 0 Å². The van der Waals surface area contributed by atoms with Gasteiger partial charge in [-0.25, -0.2) is 0 Å². The van der Waals surface area contributed by atoms with Crippen molar-refractivity contribution < 1.29 is 0 Å². The van der Waals surface area contributed by atoms with Crippen LogP contribution < -0.4 is 0 Å². The van der Waals surface area contributed by atoms with Crippen molar-refractivity contribution in [3.63, 3.8) is 0 Å². The second-order valence-electron chi connectivity index (χ2n) is 6.86. The molecular weight excluding hydrogens is 364 g/mol. The Labute approximate surface area is 176 Å². The minimum atomic E-state index is 0.630. The molecule has 30 heavy (non-hydrogen) atoms. The summed E-state index contributed by atoms with van der Waals surface area (Å²) < 4.78 is 0. The van der Waals surface area contributed by atoms with Gasteiger partial charge in [0.1, 0.15) is 0 Å². The quantitative estimate of drug-likeness (QED) is 0.381. The Morgan fingerprint density at radius 2 is 0.700 bits per heavy atom. The molecule has 0 radical (unpaired) electrons. The second-order valence-corrected chi connectivity index (χ2v) is 6.86. The van der Waals surface area contributed by atoms with Gasteiger partial charge < -0.3 is 0 Å². The van der Waals surface area contributed by atoms with Crippen molar-refractivity contribution in [2.75, 3.05) is 0 Å². The first kappa shape index (κ1) is 18.9. The Morgan fingerprint density at radius 1 is 0.400 bits per heavy atom. The first-order valence-corrected chi connectivity index (χ1v) is 9.66. The van der Waals surface area contributed by atoms with Gasteiger partial charge in [0, 0.05) is 0 Å². The lowest BCUT2D eigenvalue weighted by Crippen LogP contribution is -1.97. The molecule has 0 saturated carbocycles. The maximum atomic E-state index is 9.21. The second kappa shape index (κ2) is 8.74. The molecule has 0 fully saturated rings. The molecule has 0 saturated heterocycles. The van der Waals surface area contributed by atoms with Crippen molar-refractivity contribution in [3.8, 4) is 12.1 Å². The fourth-order valence-electron chi connectivity index (χ4n) is 3.54. The molecule has 0 atom stereocenters. The first-order chi connectivity index (χ1) is 14.8. The van der Waals surface area contributed by atoms with Crippen LogP contribution in [0.4, 0.5) is 0 Å². The zero-order valence-electron chi connectivity index (χ0n) is 16.3. The molecule has 0 bridgehead atoms. The molecule has 0 N–H and O–H groups in total. The van der Waals surface area contributed by atoms with Crippen LogP contribution in [-0.4, -0.2) is 0 Å². The third-order valence-electron chi connectivity index (χ3n) is 4.98. The summed E-state index contributed by atoms with van der Waals surface area (Å²) in [6.07, 6.45) is 0. The van der Waals surface area contributed by atoms with E-state index in [4.69, 9.17) is 0 Å². The number of nitriles is 2. The molecule has 0 amide bonds. The molecule has 0 spiro atoms. The van der Waals surface area contributed by atoms with Gasteiger partial charge in [0.15, 0.2) is 0 Å². The minimum absolute atomic E-state index is 0.630. The molecule has 4 rings (SSSR count). The highest BCUT2D eigenvalue weighted by Crippen LogP contribution is 2.36. The lowest BCUT2D eigenvalue weighted by Gasteiger charge is -2.18. The highest BCUT2D eigenvalue weighted by Gasteiger charge is 2.16. The average molecular weight is 382 g/mol. The van der Waals surface area contributed by atoms with Gasteiger partial charge in [0.05, 0.1) is 23.3 Å². The molecule has 0 aliphatic heterocycles. The van der Waals surface area contributed by atoms with Crippen LogP contribution in [0.3, 0.4) is 0 Å². The lowest BCUT2D eigenvalue weighted by molar-refractivity contribution is 1.45. The molecular formula is C28H18N2. The molecule has 4 aromatic carbocycles. The maximum absolute atomic E-state index is 9.21. The van der Waals surface area contributed by atoms with E-state index in [2.05, 4.69) is 36.4 Å². The van der Waals surface area contributed by atoms with Gasteiger partial charge in [0.2, 0.25) is 0 Å². The minimum Gasteiger partial charge on any atom is -0.192 e. The van der Waals surface area contributed by atoms with Crippen LogP contribution in [0.5, 0.6) is 0 Å². The normalized spacial score (nSPS) is 11.1. The van der Waals surface area contributed by atoms with Crippen molar-refractivity contribution in [1.29, 1.82) is 10.5 Å². The van der Waals surface area contributed by atoms with Crippen LogP contribution in [0.15, 0.2) is 109 Å². The Bertz CT molecular complexity index is 1150. The van der Waals surface area contributed by atoms with E-state index in [0.717, 1.165) is 33.4 Å². The molecule has 2 heteroatoms. The fraction of sp³-hybridized carbons (Fsp3) is 0. The Morgan fingerprint density at radius 3 is 1.00 bits per heavy atom. The average Bonchev–Trinajstić information content (AvgIpc) is 2.84. The van der Waals surface area contributed by atoms with Gasteiger partial charge in [-0.15, -0.1) is 0 Å². The van der Waals surface area contributed by atoms with Gasteiger partial charge in [-0.2, -0.15) is 10.5 Å². The van der Waals surface area contributed by atoms with E-state index >= 15 is 0 Å². The van der Waals surface area contributed by atoms with E-state index in [9.17, 15) is 10.5 Å². The predicted octanol–water partition coefficient (Wildman–Crippen LogP) is 6.44. The van der Waals surface area contributed by atoms with Gasteiger partial charge in [0.25, 0.3) is 0 Å². The van der Waals surface area contributed by atoms with Crippen LogP contribution in [-0.2, 0) is 0 Å². The van der Waals surface area contributed by atoms with Gasteiger partial charge in [-0.05, 0) is 57.7 Å². The molecule has 0 aromatic heterocycles. The third-order valence-corrected chi connectivity index (χ3v) is 4.98. The summed E-state index contributed by atoms with van der Waals surface area (Å²) in [5.41, 5.74) is 7.66. The number of hydrogen-bond acceptors (Lipinski definition) is 2. The van der Waals surface area contributed by atoms with Crippen LogP contribution in [0.2, 0.25) is 0 Å². The molecule has 0 aliphatic rings. The summed E-state index contributed by atoms with van der Waals surface area (Å²) in [4.78, 5) is 0. The smallest absolute Gasteiger partial charge is 0.0991 e. The monoisotopic (exact) mass is 382 g/mol. The van der Waals surface area contributed by atoms with Gasteiger partial charge in [-0.1, -0.05) is 84.9 Å². The highest BCUT2D eigenvalue weighted by atomic mass is 14.2. The SMILES string of the molecule is N#Cc1ccc(/C(=C(/c2ccccc2)c2ccc(C#N)cc2)c2ccccc2)cc1. The van der Waals surface area contributed by atoms with Crippen molar-refractivity contribution in [1.82, 2.24) is 0 Å². The Balaban J connectivity index is 2.06. The molecule has 0 heterocycles. The third kappa shape index (κ3) is 3.90. The highest BCUT2D eigenvalue weighted by molar-refractivity contribution is 6.04. The van der Waals surface area contributed by atoms with E-state index in [-0.39, 0.29) is 0 Å². The van der Waals surface area contributed by atoms with E-state index in [1.54, 1.807) is 0 Å². The van der Waals surface area contributed by atoms with Crippen LogP contribution in [0, 0.1) is 22.7 Å². The number of hydrogen-bond donors (Lipinski definition) is 0. The topological polar surface area (TPSA) is 47.6 Å². The molecule has 0 aliphatic carbocycles. The summed E-state index contributed by atoms with van der Waals surface area (Å²) >= 11 is 0. The van der Waals surface area contributed by atoms with Crippen molar-refractivity contribution >= 4 is 11.1 Å². The van der Waals surface area contributed by atoms with Crippen LogP contribution in [0.1, 0.15) is 33.4 Å². The lowest BCUT2D eigenvalue weighted by atomic mass is 9.85. The van der Waals surface area contributed by atoms with E-state index < -0.39 is 0 Å². The summed E-state index contributed by atoms with van der Waals surface area (Å²) in [6.45, 7) is 0. The molecule has 2 nitrogen and oxygen atoms in total. The Hall–Kier alpha value is -4.40. The summed E-state index contributed by atoms with van der Waals surface area (Å²) in [5.74, 6) is 0. The molecule has 140 valence electrons. The van der Waals surface area contributed by atoms with Crippen LogP contribution in [0.25, 0.3) is 11.1 Å². The first-order valence-electron chi connectivity index (χ1n) is 9.66. The number of rotatable bonds is 4. The predicted molar refractivity (Wildman–Crippen MR) is 120 cm³/mol. The maximum Gasteiger partial charge on any atom is 0.0991 e. The molecule has 4 aromatic rings. The van der Waals surface area contributed by atoms with Crippen molar-refractivity contribution in [2.45, 2.75) is 0 Å². The Kier molecular flexibility index (Phi) is 5.52. The summed E-state index contributed by atoms with van der Waals surface area (Å²) in [5, 5.41) is 18.4. The largest absolute Gasteiger partial charge is 0.192 e. The van der Waals surface area contributed by atoms with Gasteiger partial charge >= 0.3 is 0 Å². The fourth-order valence-corrected chi connectivity index (χ4v) is 3.54.